The van der Waals surface area contributed by atoms with E-state index in [-0.39, 0.29) is 23.9 Å². The first kappa shape index (κ1) is 20.1. The van der Waals surface area contributed by atoms with Crippen LogP contribution in [0.1, 0.15) is 30.5 Å². The second-order valence-corrected chi connectivity index (χ2v) is 8.06. The van der Waals surface area contributed by atoms with Gasteiger partial charge in [-0.15, -0.1) is 0 Å². The van der Waals surface area contributed by atoms with Gasteiger partial charge in [0.05, 0.1) is 4.90 Å². The zero-order valence-electron chi connectivity index (χ0n) is 15.7. The van der Waals surface area contributed by atoms with E-state index < -0.39 is 10.0 Å². The van der Waals surface area contributed by atoms with Crippen LogP contribution in [-0.2, 0) is 21.2 Å². The molecule has 0 saturated carbocycles. The summed E-state index contributed by atoms with van der Waals surface area (Å²) < 4.78 is 27.8. The predicted molar refractivity (Wildman–Crippen MR) is 105 cm³/mol. The molecule has 140 valence electrons. The molecule has 0 spiro atoms. The van der Waals surface area contributed by atoms with E-state index in [4.69, 9.17) is 0 Å². The molecule has 0 unspecified atom stereocenters. The minimum atomic E-state index is -3.62. The number of aryl methyl sites for hydroxylation is 3. The van der Waals surface area contributed by atoms with Gasteiger partial charge in [0.25, 0.3) is 0 Å². The van der Waals surface area contributed by atoms with Crippen LogP contribution in [0.25, 0.3) is 0 Å². The molecule has 1 N–H and O–H groups in total. The van der Waals surface area contributed by atoms with Gasteiger partial charge < -0.3 is 4.90 Å². The molecular weight excluding hydrogens is 348 g/mol. The summed E-state index contributed by atoms with van der Waals surface area (Å²) in [7, 11) is -3.62. The summed E-state index contributed by atoms with van der Waals surface area (Å²) in [6.45, 7) is 7.57. The zero-order valence-corrected chi connectivity index (χ0v) is 16.6. The third-order valence-electron chi connectivity index (χ3n) is 4.30. The number of anilines is 1. The average molecular weight is 375 g/mol. The normalized spacial score (nSPS) is 11.4. The molecule has 0 aliphatic carbocycles. The van der Waals surface area contributed by atoms with Gasteiger partial charge >= 0.3 is 0 Å². The minimum Gasteiger partial charge on any atom is -0.311 e. The Kier molecular flexibility index (Phi) is 6.56. The fourth-order valence-electron chi connectivity index (χ4n) is 2.89. The number of nitrogens with zero attached hydrogens (tertiary/aromatic N) is 1. The molecule has 0 saturated heterocycles. The topological polar surface area (TPSA) is 66.5 Å². The molecule has 0 bridgehead atoms. The maximum atomic E-state index is 12.6. The molecule has 2 aromatic rings. The lowest BCUT2D eigenvalue weighted by molar-refractivity contribution is -0.116. The van der Waals surface area contributed by atoms with Crippen molar-refractivity contribution in [2.75, 3.05) is 18.0 Å². The number of amides is 1. The summed E-state index contributed by atoms with van der Waals surface area (Å²) in [6.07, 6.45) is 0.800. The van der Waals surface area contributed by atoms with Gasteiger partial charge in [0.15, 0.2) is 0 Å². The van der Waals surface area contributed by atoms with Crippen LogP contribution in [0, 0.1) is 13.8 Å². The molecule has 0 radical (unpaired) electrons. The highest BCUT2D eigenvalue weighted by atomic mass is 32.2. The fourth-order valence-corrected chi connectivity index (χ4v) is 4.24. The molecular formula is C20H26N2O3S. The number of carbonyl (C=O) groups is 1. The molecule has 5 nitrogen and oxygen atoms in total. The van der Waals surface area contributed by atoms with E-state index in [1.165, 1.54) is 6.92 Å². The molecule has 1 amide bonds. The molecule has 0 aliphatic rings. The van der Waals surface area contributed by atoms with Gasteiger partial charge in [0.2, 0.25) is 15.9 Å². The van der Waals surface area contributed by atoms with Gasteiger partial charge in [-0.3, -0.25) is 4.79 Å². The van der Waals surface area contributed by atoms with Crippen molar-refractivity contribution in [2.24, 2.45) is 0 Å². The van der Waals surface area contributed by atoms with E-state index in [0.717, 1.165) is 23.2 Å². The Morgan fingerprint density at radius 2 is 1.81 bits per heavy atom. The predicted octanol–water partition coefficient (Wildman–Crippen LogP) is 3.20. The number of hydrogen-bond acceptors (Lipinski definition) is 3. The molecule has 2 aromatic carbocycles. The number of benzene rings is 2. The fraction of sp³-hybridized carbons (Fsp3) is 0.350. The second-order valence-electron chi connectivity index (χ2n) is 6.32. The van der Waals surface area contributed by atoms with Crippen LogP contribution in [-0.4, -0.2) is 27.4 Å². The summed E-state index contributed by atoms with van der Waals surface area (Å²) in [5, 5.41) is 0. The summed E-state index contributed by atoms with van der Waals surface area (Å²) in [5.41, 5.74) is 3.47. The van der Waals surface area contributed by atoms with Crippen LogP contribution in [0.3, 0.4) is 0 Å². The van der Waals surface area contributed by atoms with Crippen molar-refractivity contribution in [2.45, 2.75) is 39.0 Å². The van der Waals surface area contributed by atoms with Crippen LogP contribution >= 0.6 is 0 Å². The summed E-state index contributed by atoms with van der Waals surface area (Å²) in [5.74, 6) is -0.114. The maximum Gasteiger partial charge on any atom is 0.240 e. The molecule has 0 atom stereocenters. The van der Waals surface area contributed by atoms with Crippen LogP contribution in [0.15, 0.2) is 47.4 Å². The number of carbonyl (C=O) groups excluding carboxylic acids is 1. The Morgan fingerprint density at radius 1 is 1.12 bits per heavy atom. The number of hydrogen-bond donors (Lipinski definition) is 1. The van der Waals surface area contributed by atoms with Crippen molar-refractivity contribution in [3.63, 3.8) is 0 Å². The first-order valence-electron chi connectivity index (χ1n) is 8.69. The van der Waals surface area contributed by atoms with E-state index in [2.05, 4.69) is 4.72 Å². The molecule has 0 heterocycles. The molecule has 26 heavy (non-hydrogen) atoms. The summed E-state index contributed by atoms with van der Waals surface area (Å²) in [6, 6.07) is 13.0. The highest BCUT2D eigenvalue weighted by Gasteiger charge is 2.19. The van der Waals surface area contributed by atoms with Gasteiger partial charge in [-0.25, -0.2) is 13.1 Å². The van der Waals surface area contributed by atoms with Crippen LogP contribution in [0.4, 0.5) is 5.69 Å². The Hall–Kier alpha value is -2.18. The van der Waals surface area contributed by atoms with E-state index in [0.29, 0.717) is 5.56 Å². The molecule has 6 heteroatoms. The summed E-state index contributed by atoms with van der Waals surface area (Å²) >= 11 is 0. The third-order valence-corrected chi connectivity index (χ3v) is 5.91. The first-order chi connectivity index (χ1) is 12.3. The third kappa shape index (κ3) is 4.71. The zero-order chi connectivity index (χ0) is 19.3. The Morgan fingerprint density at radius 3 is 2.46 bits per heavy atom. The average Bonchev–Trinajstić information content (AvgIpc) is 2.60. The SMILES string of the molecule is CCc1ccccc1N(CCNS(=O)(=O)c1cc(C)ccc1C)C(C)=O. The smallest absolute Gasteiger partial charge is 0.240 e. The van der Waals surface area contributed by atoms with Gasteiger partial charge in [-0.1, -0.05) is 37.3 Å². The van der Waals surface area contributed by atoms with E-state index >= 15 is 0 Å². The molecule has 0 aliphatic heterocycles. The maximum absolute atomic E-state index is 12.6. The lowest BCUT2D eigenvalue weighted by Gasteiger charge is -2.24. The van der Waals surface area contributed by atoms with Gasteiger partial charge in [-0.05, 0) is 49.1 Å². The van der Waals surface area contributed by atoms with Crippen LogP contribution in [0.2, 0.25) is 0 Å². The van der Waals surface area contributed by atoms with Gasteiger partial charge in [0.1, 0.15) is 0 Å². The largest absolute Gasteiger partial charge is 0.311 e. The van der Waals surface area contributed by atoms with Gasteiger partial charge in [0, 0.05) is 25.7 Å². The van der Waals surface area contributed by atoms with Crippen molar-refractivity contribution < 1.29 is 13.2 Å². The Labute approximate surface area is 156 Å². The minimum absolute atomic E-state index is 0.114. The number of para-hydroxylation sites is 1. The van der Waals surface area contributed by atoms with E-state index in [1.54, 1.807) is 24.0 Å². The van der Waals surface area contributed by atoms with Crippen LogP contribution < -0.4 is 9.62 Å². The van der Waals surface area contributed by atoms with E-state index in [9.17, 15) is 13.2 Å². The number of rotatable bonds is 7. The molecule has 2 rings (SSSR count). The standard InChI is InChI=1S/C20H26N2O3S/c1-5-18-8-6-7-9-19(18)22(17(4)23)13-12-21-26(24,25)20-14-15(2)10-11-16(20)3/h6-11,14,21H,5,12-13H2,1-4H3. The van der Waals surface area contributed by atoms with Crippen LogP contribution in [0.5, 0.6) is 0 Å². The van der Waals surface area contributed by atoms with Crippen molar-refractivity contribution in [3.8, 4) is 0 Å². The molecule has 0 fully saturated rings. The Bertz CT molecular complexity index is 892. The second kappa shape index (κ2) is 8.47. The van der Waals surface area contributed by atoms with Crippen molar-refractivity contribution in [1.29, 1.82) is 0 Å². The highest BCUT2D eigenvalue weighted by molar-refractivity contribution is 7.89. The first-order valence-corrected chi connectivity index (χ1v) is 10.2. The lowest BCUT2D eigenvalue weighted by atomic mass is 10.1. The summed E-state index contributed by atoms with van der Waals surface area (Å²) in [4.78, 5) is 14.0. The van der Waals surface area contributed by atoms with Crippen molar-refractivity contribution in [3.05, 3.63) is 59.2 Å². The van der Waals surface area contributed by atoms with E-state index in [1.807, 2.05) is 44.2 Å². The Balaban J connectivity index is 2.15. The number of sulfonamides is 1. The lowest BCUT2D eigenvalue weighted by Crippen LogP contribution is -2.38. The highest BCUT2D eigenvalue weighted by Crippen LogP contribution is 2.21. The van der Waals surface area contributed by atoms with Gasteiger partial charge in [-0.2, -0.15) is 0 Å². The quantitative estimate of drug-likeness (QED) is 0.809. The molecule has 0 aromatic heterocycles. The monoisotopic (exact) mass is 374 g/mol. The van der Waals surface area contributed by atoms with Crippen molar-refractivity contribution >= 4 is 21.6 Å². The van der Waals surface area contributed by atoms with Crippen molar-refractivity contribution in [1.82, 2.24) is 4.72 Å². The number of nitrogens with one attached hydrogen (secondary N) is 1.